The molecule has 3 N–H and O–H groups in total. The number of nitrogens with one attached hydrogen (secondary N) is 3. The number of piperazine rings is 1. The molecule has 2 heterocycles. The number of hydrogen-bond acceptors (Lipinski definition) is 2. The molecule has 0 unspecified atom stereocenters. The summed E-state index contributed by atoms with van der Waals surface area (Å²) >= 11 is 0. The third kappa shape index (κ3) is 4.59. The van der Waals surface area contributed by atoms with Crippen LogP contribution in [0.15, 0.2) is 24.3 Å². The number of likely N-dealkylation sites (tertiary alicyclic amines) is 1. The summed E-state index contributed by atoms with van der Waals surface area (Å²) in [5.74, 6) is -0.328. The molecular weight excluding hydrogens is 335 g/mol. The van der Waals surface area contributed by atoms with Crippen LogP contribution >= 0.6 is 0 Å². The highest BCUT2D eigenvalue weighted by Crippen LogP contribution is 2.12. The van der Waals surface area contributed by atoms with Gasteiger partial charge in [-0.25, -0.2) is 4.39 Å². The van der Waals surface area contributed by atoms with E-state index in [4.69, 9.17) is 0 Å². The Balaban J connectivity index is 1.45. The van der Waals surface area contributed by atoms with Gasteiger partial charge in [-0.15, -0.1) is 0 Å². The minimum absolute atomic E-state index is 0.165. The number of nitrogens with zero attached hydrogens (tertiary/aromatic N) is 1. The zero-order valence-corrected chi connectivity index (χ0v) is 15.4. The molecule has 0 radical (unpaired) electrons. The van der Waals surface area contributed by atoms with Gasteiger partial charge in [0.1, 0.15) is 32.0 Å². The average Bonchev–Trinajstić information content (AvgIpc) is 3.18. The fourth-order valence-electron chi connectivity index (χ4n) is 3.82. The SMILES string of the molecule is C[C@@H](C(=O)Nc1ccccc1F)[NH+]1CC[NH+](CC(=O)N2CCCC2)CC1. The summed E-state index contributed by atoms with van der Waals surface area (Å²) in [6.45, 7) is 7.68. The summed E-state index contributed by atoms with van der Waals surface area (Å²) in [5, 5.41) is 2.69. The maximum Gasteiger partial charge on any atom is 0.282 e. The number of benzene rings is 1. The highest BCUT2D eigenvalue weighted by Gasteiger charge is 2.33. The van der Waals surface area contributed by atoms with Crippen LogP contribution in [-0.2, 0) is 9.59 Å². The number of carbonyl (C=O) groups is 2. The molecule has 0 spiro atoms. The number of quaternary nitrogens is 2. The van der Waals surface area contributed by atoms with E-state index < -0.39 is 5.82 Å². The molecule has 2 aliphatic rings. The van der Waals surface area contributed by atoms with E-state index in [1.807, 2.05) is 11.8 Å². The van der Waals surface area contributed by atoms with Crippen LogP contribution in [-0.4, -0.2) is 68.6 Å². The standard InChI is InChI=1S/C19H27FN4O2/c1-15(19(26)21-17-7-3-2-6-16(17)20)23-12-10-22(11-13-23)14-18(25)24-8-4-5-9-24/h2-3,6-7,15H,4-5,8-14H2,1H3,(H,21,26)/p+2/t15-/m0/s1. The molecule has 2 saturated heterocycles. The summed E-state index contributed by atoms with van der Waals surface area (Å²) in [4.78, 5) is 29.2. The summed E-state index contributed by atoms with van der Waals surface area (Å²) in [6.07, 6.45) is 2.24. The van der Waals surface area contributed by atoms with E-state index in [-0.39, 0.29) is 23.5 Å². The number of halogens is 1. The van der Waals surface area contributed by atoms with E-state index in [1.165, 1.54) is 15.9 Å². The second-order valence-corrected chi connectivity index (χ2v) is 7.36. The first-order chi connectivity index (χ1) is 12.5. The van der Waals surface area contributed by atoms with Crippen LogP contribution in [0.1, 0.15) is 19.8 Å². The predicted octanol–water partition coefficient (Wildman–Crippen LogP) is -1.44. The Bertz CT molecular complexity index is 640. The third-order valence-electron chi connectivity index (χ3n) is 5.60. The van der Waals surface area contributed by atoms with Crippen molar-refractivity contribution in [3.8, 4) is 0 Å². The van der Waals surface area contributed by atoms with E-state index >= 15 is 0 Å². The maximum absolute atomic E-state index is 13.7. The zero-order valence-electron chi connectivity index (χ0n) is 15.4. The molecule has 1 aromatic carbocycles. The molecule has 2 amide bonds. The number of amides is 2. The van der Waals surface area contributed by atoms with Crippen LogP contribution in [0.5, 0.6) is 0 Å². The first-order valence-electron chi connectivity index (χ1n) is 9.56. The summed E-state index contributed by atoms with van der Waals surface area (Å²) in [5.41, 5.74) is 0.226. The number of anilines is 1. The average molecular weight is 364 g/mol. The highest BCUT2D eigenvalue weighted by molar-refractivity contribution is 5.93. The number of para-hydroxylation sites is 1. The van der Waals surface area contributed by atoms with Crippen molar-refractivity contribution in [3.63, 3.8) is 0 Å². The topological polar surface area (TPSA) is 58.3 Å². The molecule has 2 fully saturated rings. The van der Waals surface area contributed by atoms with Crippen molar-refractivity contribution in [3.05, 3.63) is 30.1 Å². The smallest absolute Gasteiger partial charge is 0.282 e. The van der Waals surface area contributed by atoms with Crippen LogP contribution in [0, 0.1) is 5.82 Å². The second-order valence-electron chi connectivity index (χ2n) is 7.36. The van der Waals surface area contributed by atoms with Crippen molar-refractivity contribution in [2.75, 3.05) is 51.1 Å². The molecule has 0 aromatic heterocycles. The normalized spacial score (nSPS) is 24.3. The molecule has 6 nitrogen and oxygen atoms in total. The van der Waals surface area contributed by atoms with Gasteiger partial charge in [0.25, 0.3) is 11.8 Å². The molecule has 0 saturated carbocycles. The number of rotatable bonds is 5. The van der Waals surface area contributed by atoms with Gasteiger partial charge in [-0.1, -0.05) is 12.1 Å². The zero-order chi connectivity index (χ0) is 18.5. The Morgan fingerprint density at radius 2 is 1.81 bits per heavy atom. The molecule has 1 atom stereocenters. The quantitative estimate of drug-likeness (QED) is 0.599. The van der Waals surface area contributed by atoms with Gasteiger partial charge in [-0.05, 0) is 31.9 Å². The van der Waals surface area contributed by atoms with Crippen molar-refractivity contribution in [1.29, 1.82) is 0 Å². The minimum Gasteiger partial charge on any atom is -0.338 e. The first-order valence-corrected chi connectivity index (χ1v) is 9.56. The molecule has 0 bridgehead atoms. The van der Waals surface area contributed by atoms with E-state index in [0.29, 0.717) is 6.54 Å². The highest BCUT2D eigenvalue weighted by atomic mass is 19.1. The fraction of sp³-hybridized carbons (Fsp3) is 0.579. The molecule has 2 aliphatic heterocycles. The number of carbonyl (C=O) groups excluding carboxylic acids is 2. The van der Waals surface area contributed by atoms with Gasteiger partial charge in [0.15, 0.2) is 12.6 Å². The van der Waals surface area contributed by atoms with Gasteiger partial charge in [-0.3, -0.25) is 9.59 Å². The van der Waals surface area contributed by atoms with Crippen molar-refractivity contribution >= 4 is 17.5 Å². The fourth-order valence-corrected chi connectivity index (χ4v) is 3.82. The predicted molar refractivity (Wildman–Crippen MR) is 96.6 cm³/mol. The molecule has 26 heavy (non-hydrogen) atoms. The molecule has 0 aliphatic carbocycles. The Labute approximate surface area is 153 Å². The van der Waals surface area contributed by atoms with Gasteiger partial charge < -0.3 is 20.0 Å². The summed E-state index contributed by atoms with van der Waals surface area (Å²) < 4.78 is 13.7. The Kier molecular flexibility index (Phi) is 6.21. The van der Waals surface area contributed by atoms with Gasteiger partial charge in [0, 0.05) is 13.1 Å². The molecule has 1 aromatic rings. The van der Waals surface area contributed by atoms with Crippen molar-refractivity contribution in [1.82, 2.24) is 4.90 Å². The van der Waals surface area contributed by atoms with Crippen LogP contribution in [0.25, 0.3) is 0 Å². The Morgan fingerprint density at radius 1 is 1.15 bits per heavy atom. The second kappa shape index (κ2) is 8.60. The lowest BCUT2D eigenvalue weighted by Crippen LogP contribution is -3.30. The van der Waals surface area contributed by atoms with Crippen LogP contribution in [0.4, 0.5) is 10.1 Å². The van der Waals surface area contributed by atoms with Gasteiger partial charge in [0.05, 0.1) is 5.69 Å². The van der Waals surface area contributed by atoms with Crippen LogP contribution in [0.3, 0.4) is 0 Å². The van der Waals surface area contributed by atoms with Gasteiger partial charge in [-0.2, -0.15) is 0 Å². The van der Waals surface area contributed by atoms with E-state index in [9.17, 15) is 14.0 Å². The largest absolute Gasteiger partial charge is 0.338 e. The summed E-state index contributed by atoms with van der Waals surface area (Å²) in [7, 11) is 0. The molecular formula is C19H29FN4O2+2. The van der Waals surface area contributed by atoms with E-state index in [1.54, 1.807) is 18.2 Å². The first kappa shape index (κ1) is 18.8. The summed E-state index contributed by atoms with van der Waals surface area (Å²) in [6, 6.07) is 5.97. The minimum atomic E-state index is -0.419. The maximum atomic E-state index is 13.7. The van der Waals surface area contributed by atoms with Gasteiger partial charge in [0.2, 0.25) is 0 Å². The monoisotopic (exact) mass is 364 g/mol. The van der Waals surface area contributed by atoms with Crippen molar-refractivity contribution in [2.45, 2.75) is 25.8 Å². The Morgan fingerprint density at radius 3 is 2.46 bits per heavy atom. The lowest BCUT2D eigenvalue weighted by molar-refractivity contribution is -1.01. The third-order valence-corrected chi connectivity index (χ3v) is 5.60. The van der Waals surface area contributed by atoms with Crippen LogP contribution < -0.4 is 15.1 Å². The van der Waals surface area contributed by atoms with Crippen molar-refractivity contribution < 1.29 is 23.8 Å². The molecule has 142 valence electrons. The van der Waals surface area contributed by atoms with Crippen LogP contribution in [0.2, 0.25) is 0 Å². The van der Waals surface area contributed by atoms with E-state index in [0.717, 1.165) is 52.1 Å². The lowest BCUT2D eigenvalue weighted by Gasteiger charge is -2.32. The van der Waals surface area contributed by atoms with Gasteiger partial charge >= 0.3 is 0 Å². The molecule has 7 heteroatoms. The Hall–Kier alpha value is -1.99. The van der Waals surface area contributed by atoms with E-state index in [2.05, 4.69) is 5.32 Å². The number of hydrogen-bond donors (Lipinski definition) is 3. The lowest BCUT2D eigenvalue weighted by atomic mass is 10.2. The van der Waals surface area contributed by atoms with Crippen molar-refractivity contribution in [2.24, 2.45) is 0 Å². The molecule has 3 rings (SSSR count).